The molecule has 1 N–H and O–H groups in total. The van der Waals surface area contributed by atoms with Gasteiger partial charge in [0.15, 0.2) is 0 Å². The maximum absolute atomic E-state index is 12.9. The number of nitrogens with zero attached hydrogens (tertiary/aromatic N) is 2. The van der Waals surface area contributed by atoms with E-state index in [-0.39, 0.29) is 5.91 Å². The Hall–Kier alpha value is -2.14. The molecule has 2 fully saturated rings. The second-order valence-corrected chi connectivity index (χ2v) is 8.60. The van der Waals surface area contributed by atoms with Gasteiger partial charge in [0.25, 0.3) is 5.91 Å². The highest BCUT2D eigenvalue weighted by Gasteiger charge is 2.25. The molecule has 156 valence electrons. The zero-order chi connectivity index (χ0) is 20.1. The minimum Gasteiger partial charge on any atom is -0.494 e. The van der Waals surface area contributed by atoms with E-state index in [4.69, 9.17) is 4.74 Å². The topological polar surface area (TPSA) is 54.5 Å². The van der Waals surface area contributed by atoms with Crippen molar-refractivity contribution >= 4 is 16.8 Å². The standard InChI is InChI=1S/C24H33N3O2/c1-18-6-2-3-14-27(18)24(28)23-11-9-20-16-21(10-12-22(20)26-23)29-15-5-8-19-7-4-13-25-17-19/h9-12,16,18-19,25H,2-8,13-15,17H2,1H3. The van der Waals surface area contributed by atoms with Gasteiger partial charge in [-0.3, -0.25) is 4.79 Å². The largest absolute Gasteiger partial charge is 0.494 e. The number of likely N-dealkylation sites (tertiary alicyclic amines) is 1. The summed E-state index contributed by atoms with van der Waals surface area (Å²) >= 11 is 0. The van der Waals surface area contributed by atoms with Crippen molar-refractivity contribution in [1.82, 2.24) is 15.2 Å². The van der Waals surface area contributed by atoms with Crippen molar-refractivity contribution in [3.8, 4) is 5.75 Å². The molecule has 2 aromatic rings. The molecule has 5 heteroatoms. The summed E-state index contributed by atoms with van der Waals surface area (Å²) in [5, 5.41) is 4.49. The zero-order valence-electron chi connectivity index (χ0n) is 17.5. The van der Waals surface area contributed by atoms with Crippen LogP contribution in [-0.2, 0) is 0 Å². The van der Waals surface area contributed by atoms with Gasteiger partial charge in [0.05, 0.1) is 12.1 Å². The minimum absolute atomic E-state index is 0.0524. The molecule has 0 radical (unpaired) electrons. The number of aromatic nitrogens is 1. The van der Waals surface area contributed by atoms with Crippen LogP contribution in [0.25, 0.3) is 10.9 Å². The van der Waals surface area contributed by atoms with Crippen LogP contribution in [0.2, 0.25) is 0 Å². The van der Waals surface area contributed by atoms with Gasteiger partial charge in [-0.05, 0) is 95.1 Å². The fourth-order valence-electron chi connectivity index (χ4n) is 4.59. The van der Waals surface area contributed by atoms with Crippen molar-refractivity contribution in [2.75, 3.05) is 26.2 Å². The molecule has 0 bridgehead atoms. The van der Waals surface area contributed by atoms with Gasteiger partial charge < -0.3 is 15.0 Å². The first kappa shape index (κ1) is 20.1. The van der Waals surface area contributed by atoms with Crippen LogP contribution in [0.3, 0.4) is 0 Å². The highest BCUT2D eigenvalue weighted by molar-refractivity contribution is 5.95. The van der Waals surface area contributed by atoms with Gasteiger partial charge in [-0.25, -0.2) is 4.98 Å². The Kier molecular flexibility index (Phi) is 6.65. The lowest BCUT2D eigenvalue weighted by molar-refractivity contribution is 0.0630. The maximum Gasteiger partial charge on any atom is 0.272 e. The van der Waals surface area contributed by atoms with Gasteiger partial charge in [-0.1, -0.05) is 6.07 Å². The van der Waals surface area contributed by atoms with Gasteiger partial charge >= 0.3 is 0 Å². The summed E-state index contributed by atoms with van der Waals surface area (Å²) in [4.78, 5) is 19.5. The molecule has 1 aromatic heterocycles. The average molecular weight is 396 g/mol. The first-order chi connectivity index (χ1) is 14.2. The van der Waals surface area contributed by atoms with E-state index in [1.165, 1.54) is 32.2 Å². The third-order valence-corrected chi connectivity index (χ3v) is 6.37. The third kappa shape index (κ3) is 5.08. The van der Waals surface area contributed by atoms with Crippen LogP contribution in [0.5, 0.6) is 5.75 Å². The van der Waals surface area contributed by atoms with E-state index in [1.807, 2.05) is 35.2 Å². The average Bonchev–Trinajstić information content (AvgIpc) is 2.77. The van der Waals surface area contributed by atoms with Crippen molar-refractivity contribution in [2.24, 2.45) is 5.92 Å². The van der Waals surface area contributed by atoms with Gasteiger partial charge in [0.2, 0.25) is 0 Å². The SMILES string of the molecule is CC1CCCCN1C(=O)c1ccc2cc(OCCCC3CCCNC3)ccc2n1. The van der Waals surface area contributed by atoms with E-state index in [1.54, 1.807) is 0 Å². The van der Waals surface area contributed by atoms with Crippen molar-refractivity contribution in [1.29, 1.82) is 0 Å². The van der Waals surface area contributed by atoms with Crippen LogP contribution in [0, 0.1) is 5.92 Å². The molecule has 2 atom stereocenters. The normalized spacial score (nSPS) is 22.6. The first-order valence-electron chi connectivity index (χ1n) is 11.3. The number of amides is 1. The van der Waals surface area contributed by atoms with E-state index in [0.717, 1.165) is 61.5 Å². The zero-order valence-corrected chi connectivity index (χ0v) is 17.5. The second-order valence-electron chi connectivity index (χ2n) is 8.60. The number of benzene rings is 1. The molecule has 0 aliphatic carbocycles. The van der Waals surface area contributed by atoms with E-state index in [9.17, 15) is 4.79 Å². The molecule has 1 aromatic carbocycles. The summed E-state index contributed by atoms with van der Waals surface area (Å²) in [6.45, 7) is 6.04. The number of pyridine rings is 1. The Bertz CT molecular complexity index is 832. The van der Waals surface area contributed by atoms with Crippen LogP contribution in [0.4, 0.5) is 0 Å². The number of piperidine rings is 2. The monoisotopic (exact) mass is 395 g/mol. The lowest BCUT2D eigenvalue weighted by atomic mass is 9.95. The molecule has 4 rings (SSSR count). The van der Waals surface area contributed by atoms with Crippen LogP contribution < -0.4 is 10.1 Å². The predicted octanol–water partition coefficient (Wildman–Crippen LogP) is 4.41. The number of ether oxygens (including phenoxy) is 1. The molecule has 1 amide bonds. The summed E-state index contributed by atoms with van der Waals surface area (Å²) in [6.07, 6.45) is 8.32. The maximum atomic E-state index is 12.9. The lowest BCUT2D eigenvalue weighted by Gasteiger charge is -2.33. The molecule has 0 saturated carbocycles. The van der Waals surface area contributed by atoms with E-state index in [2.05, 4.69) is 17.2 Å². The van der Waals surface area contributed by atoms with Gasteiger partial charge in [-0.15, -0.1) is 0 Å². The van der Waals surface area contributed by atoms with Crippen molar-refractivity contribution < 1.29 is 9.53 Å². The van der Waals surface area contributed by atoms with E-state index in [0.29, 0.717) is 11.7 Å². The molecule has 3 heterocycles. The Morgan fingerprint density at radius 1 is 1.21 bits per heavy atom. The summed E-state index contributed by atoms with van der Waals surface area (Å²) in [6, 6.07) is 10.1. The Labute approximate surface area is 173 Å². The number of carbonyl (C=O) groups excluding carboxylic acids is 1. The number of hydrogen-bond donors (Lipinski definition) is 1. The number of rotatable bonds is 6. The molecule has 29 heavy (non-hydrogen) atoms. The van der Waals surface area contributed by atoms with Crippen molar-refractivity contribution in [3.63, 3.8) is 0 Å². The minimum atomic E-state index is 0.0524. The molecule has 2 saturated heterocycles. The molecular weight excluding hydrogens is 362 g/mol. The number of hydrogen-bond acceptors (Lipinski definition) is 4. The quantitative estimate of drug-likeness (QED) is 0.736. The van der Waals surface area contributed by atoms with Crippen molar-refractivity contribution in [2.45, 2.75) is 57.9 Å². The van der Waals surface area contributed by atoms with E-state index < -0.39 is 0 Å². The van der Waals surface area contributed by atoms with Crippen LogP contribution >= 0.6 is 0 Å². The number of carbonyl (C=O) groups is 1. The van der Waals surface area contributed by atoms with Crippen LogP contribution in [-0.4, -0.2) is 48.1 Å². The second kappa shape index (κ2) is 9.57. The molecule has 2 aliphatic rings. The van der Waals surface area contributed by atoms with Crippen molar-refractivity contribution in [3.05, 3.63) is 36.0 Å². The van der Waals surface area contributed by atoms with Gasteiger partial charge in [-0.2, -0.15) is 0 Å². The fraction of sp³-hybridized carbons (Fsp3) is 0.583. The summed E-state index contributed by atoms with van der Waals surface area (Å²) in [7, 11) is 0. The molecular formula is C24H33N3O2. The Balaban J connectivity index is 1.34. The summed E-state index contributed by atoms with van der Waals surface area (Å²) in [5.41, 5.74) is 1.39. The lowest BCUT2D eigenvalue weighted by Crippen LogP contribution is -2.42. The fourth-order valence-corrected chi connectivity index (χ4v) is 4.59. The number of nitrogens with one attached hydrogen (secondary N) is 1. The highest BCUT2D eigenvalue weighted by atomic mass is 16.5. The smallest absolute Gasteiger partial charge is 0.272 e. The summed E-state index contributed by atoms with van der Waals surface area (Å²) < 4.78 is 5.97. The summed E-state index contributed by atoms with van der Waals surface area (Å²) in [5.74, 6) is 1.73. The molecule has 2 unspecified atom stereocenters. The van der Waals surface area contributed by atoms with Crippen LogP contribution in [0.1, 0.15) is 62.4 Å². The van der Waals surface area contributed by atoms with Gasteiger partial charge in [0.1, 0.15) is 11.4 Å². The molecule has 2 aliphatic heterocycles. The van der Waals surface area contributed by atoms with E-state index >= 15 is 0 Å². The molecule has 5 nitrogen and oxygen atoms in total. The number of fused-ring (bicyclic) bond motifs is 1. The first-order valence-corrected chi connectivity index (χ1v) is 11.3. The predicted molar refractivity (Wildman–Crippen MR) is 116 cm³/mol. The Morgan fingerprint density at radius 3 is 2.97 bits per heavy atom. The molecule has 0 spiro atoms. The highest BCUT2D eigenvalue weighted by Crippen LogP contribution is 2.23. The van der Waals surface area contributed by atoms with Gasteiger partial charge in [0, 0.05) is 18.0 Å². The third-order valence-electron chi connectivity index (χ3n) is 6.37. The van der Waals surface area contributed by atoms with Crippen LogP contribution in [0.15, 0.2) is 30.3 Å². The Morgan fingerprint density at radius 2 is 2.14 bits per heavy atom.